The van der Waals surface area contributed by atoms with Crippen LogP contribution in [0.1, 0.15) is 5.56 Å². The fourth-order valence-corrected chi connectivity index (χ4v) is 1.63. The number of para-hydroxylation sites is 1. The van der Waals surface area contributed by atoms with Crippen LogP contribution in [0.25, 0.3) is 0 Å². The van der Waals surface area contributed by atoms with Gasteiger partial charge in [0.1, 0.15) is 18.5 Å². The van der Waals surface area contributed by atoms with Crippen LogP contribution in [-0.4, -0.2) is 32.4 Å². The third-order valence-corrected chi connectivity index (χ3v) is 2.52. The molecule has 1 atom stereocenters. The topological polar surface area (TPSA) is 30.5 Å². The summed E-state index contributed by atoms with van der Waals surface area (Å²) >= 11 is 0. The highest BCUT2D eigenvalue weighted by Gasteiger charge is 2.13. The van der Waals surface area contributed by atoms with E-state index in [9.17, 15) is 0 Å². The standard InChI is InChI=1S/C12H17NO2.ClH/c1-10-4-2-3-5-12(10)15-9-11-8-13-6-7-14-11;/h2-5,11,13H,6-9H2,1H3;1H/t11-;/m0./s1. The quantitative estimate of drug-likeness (QED) is 0.878. The van der Waals surface area contributed by atoms with Crippen LogP contribution >= 0.6 is 12.4 Å². The lowest BCUT2D eigenvalue weighted by molar-refractivity contribution is 0.0000675. The predicted octanol–water partition coefficient (Wildman–Crippen LogP) is 1.78. The molecule has 1 saturated heterocycles. The Hall–Kier alpha value is -0.770. The normalized spacial score (nSPS) is 19.9. The molecule has 3 nitrogen and oxygen atoms in total. The van der Waals surface area contributed by atoms with Crippen molar-refractivity contribution < 1.29 is 9.47 Å². The van der Waals surface area contributed by atoms with Crippen molar-refractivity contribution in [1.82, 2.24) is 5.32 Å². The van der Waals surface area contributed by atoms with E-state index in [2.05, 4.69) is 18.3 Å². The van der Waals surface area contributed by atoms with E-state index in [1.165, 1.54) is 5.56 Å². The Morgan fingerprint density at radius 1 is 1.44 bits per heavy atom. The summed E-state index contributed by atoms with van der Waals surface area (Å²) in [5.41, 5.74) is 1.17. The van der Waals surface area contributed by atoms with Gasteiger partial charge in [0, 0.05) is 13.1 Å². The minimum absolute atomic E-state index is 0. The van der Waals surface area contributed by atoms with E-state index >= 15 is 0 Å². The summed E-state index contributed by atoms with van der Waals surface area (Å²) < 4.78 is 11.3. The van der Waals surface area contributed by atoms with Crippen molar-refractivity contribution in [3.63, 3.8) is 0 Å². The highest BCUT2D eigenvalue weighted by molar-refractivity contribution is 5.85. The molecule has 0 unspecified atom stereocenters. The highest BCUT2D eigenvalue weighted by atomic mass is 35.5. The summed E-state index contributed by atoms with van der Waals surface area (Å²) in [6, 6.07) is 8.05. The summed E-state index contributed by atoms with van der Waals surface area (Å²) in [7, 11) is 0. The van der Waals surface area contributed by atoms with Gasteiger partial charge >= 0.3 is 0 Å². The second-order valence-corrected chi connectivity index (χ2v) is 3.77. The molecule has 1 N–H and O–H groups in total. The lowest BCUT2D eigenvalue weighted by Crippen LogP contribution is -2.41. The third-order valence-electron chi connectivity index (χ3n) is 2.52. The van der Waals surface area contributed by atoms with Crippen molar-refractivity contribution in [1.29, 1.82) is 0 Å². The Morgan fingerprint density at radius 3 is 2.94 bits per heavy atom. The van der Waals surface area contributed by atoms with Gasteiger partial charge in [0.05, 0.1) is 6.61 Å². The van der Waals surface area contributed by atoms with Gasteiger partial charge in [-0.2, -0.15) is 0 Å². The lowest BCUT2D eigenvalue weighted by Gasteiger charge is -2.23. The van der Waals surface area contributed by atoms with Crippen LogP contribution in [0.4, 0.5) is 0 Å². The number of hydrogen-bond acceptors (Lipinski definition) is 3. The van der Waals surface area contributed by atoms with Crippen LogP contribution in [0.3, 0.4) is 0 Å². The van der Waals surface area contributed by atoms with Gasteiger partial charge in [-0.3, -0.25) is 0 Å². The van der Waals surface area contributed by atoms with E-state index in [1.54, 1.807) is 0 Å². The average Bonchev–Trinajstić information content (AvgIpc) is 2.29. The predicted molar refractivity (Wildman–Crippen MR) is 66.5 cm³/mol. The van der Waals surface area contributed by atoms with Crippen molar-refractivity contribution >= 4 is 12.4 Å². The van der Waals surface area contributed by atoms with Crippen LogP contribution in [0, 0.1) is 6.92 Å². The number of ether oxygens (including phenoxy) is 2. The van der Waals surface area contributed by atoms with Gasteiger partial charge in [0.2, 0.25) is 0 Å². The Morgan fingerprint density at radius 2 is 2.25 bits per heavy atom. The van der Waals surface area contributed by atoms with Crippen LogP contribution < -0.4 is 10.1 Å². The molecule has 1 fully saturated rings. The molecule has 0 radical (unpaired) electrons. The molecule has 4 heteroatoms. The summed E-state index contributed by atoms with van der Waals surface area (Å²) in [6.07, 6.45) is 0.179. The second-order valence-electron chi connectivity index (χ2n) is 3.77. The van der Waals surface area contributed by atoms with Gasteiger partial charge in [0.25, 0.3) is 0 Å². The zero-order valence-corrected chi connectivity index (χ0v) is 10.3. The lowest BCUT2D eigenvalue weighted by atomic mass is 10.2. The largest absolute Gasteiger partial charge is 0.491 e. The molecule has 0 bridgehead atoms. The van der Waals surface area contributed by atoms with Crippen molar-refractivity contribution in [2.45, 2.75) is 13.0 Å². The molecular formula is C12H18ClNO2. The molecule has 0 aliphatic carbocycles. The first-order valence-electron chi connectivity index (χ1n) is 5.37. The molecule has 0 saturated carbocycles. The van der Waals surface area contributed by atoms with Crippen LogP contribution in [-0.2, 0) is 4.74 Å². The van der Waals surface area contributed by atoms with Crippen molar-refractivity contribution in [2.75, 3.05) is 26.3 Å². The van der Waals surface area contributed by atoms with Gasteiger partial charge in [0.15, 0.2) is 0 Å². The molecule has 1 heterocycles. The van der Waals surface area contributed by atoms with Crippen LogP contribution in [0.15, 0.2) is 24.3 Å². The zero-order chi connectivity index (χ0) is 10.5. The first-order valence-corrected chi connectivity index (χ1v) is 5.37. The second kappa shape index (κ2) is 6.74. The minimum Gasteiger partial charge on any atom is -0.491 e. The number of morpholine rings is 1. The summed E-state index contributed by atoms with van der Waals surface area (Å²) in [6.45, 7) is 5.28. The number of rotatable bonds is 3. The summed E-state index contributed by atoms with van der Waals surface area (Å²) in [4.78, 5) is 0. The molecule has 1 aliphatic rings. The molecule has 2 rings (SSSR count). The number of halogens is 1. The maximum atomic E-state index is 5.71. The van der Waals surface area contributed by atoms with E-state index in [-0.39, 0.29) is 18.5 Å². The van der Waals surface area contributed by atoms with Crippen LogP contribution in [0.2, 0.25) is 0 Å². The molecule has 1 aromatic carbocycles. The molecule has 90 valence electrons. The minimum atomic E-state index is 0. The molecular weight excluding hydrogens is 226 g/mol. The highest BCUT2D eigenvalue weighted by Crippen LogP contribution is 2.16. The molecule has 1 aliphatic heterocycles. The molecule has 16 heavy (non-hydrogen) atoms. The van der Waals surface area contributed by atoms with Crippen LogP contribution in [0.5, 0.6) is 5.75 Å². The Bertz CT molecular complexity index is 314. The van der Waals surface area contributed by atoms with Gasteiger partial charge in [-0.25, -0.2) is 0 Å². The Balaban J connectivity index is 0.00000128. The molecule has 0 amide bonds. The summed E-state index contributed by atoms with van der Waals surface area (Å²) in [5, 5.41) is 3.28. The zero-order valence-electron chi connectivity index (χ0n) is 9.44. The Kier molecular flexibility index (Phi) is 5.60. The van der Waals surface area contributed by atoms with E-state index in [1.807, 2.05) is 18.2 Å². The number of nitrogens with one attached hydrogen (secondary N) is 1. The fourth-order valence-electron chi connectivity index (χ4n) is 1.63. The third kappa shape index (κ3) is 3.67. The molecule has 0 spiro atoms. The van der Waals surface area contributed by atoms with Gasteiger partial charge < -0.3 is 14.8 Å². The number of hydrogen-bond donors (Lipinski definition) is 1. The van der Waals surface area contributed by atoms with Crippen molar-refractivity contribution in [2.24, 2.45) is 0 Å². The van der Waals surface area contributed by atoms with Gasteiger partial charge in [-0.15, -0.1) is 12.4 Å². The number of benzene rings is 1. The first-order chi connectivity index (χ1) is 7.36. The van der Waals surface area contributed by atoms with E-state index in [4.69, 9.17) is 9.47 Å². The van der Waals surface area contributed by atoms with E-state index in [0.717, 1.165) is 25.4 Å². The fraction of sp³-hybridized carbons (Fsp3) is 0.500. The maximum Gasteiger partial charge on any atom is 0.122 e. The maximum absolute atomic E-state index is 5.71. The monoisotopic (exact) mass is 243 g/mol. The van der Waals surface area contributed by atoms with Gasteiger partial charge in [-0.05, 0) is 18.6 Å². The SMILES string of the molecule is Cc1ccccc1OC[C@@H]1CNCCO1.Cl. The summed E-state index contributed by atoms with van der Waals surface area (Å²) in [5.74, 6) is 0.951. The molecule has 0 aromatic heterocycles. The van der Waals surface area contributed by atoms with Crippen molar-refractivity contribution in [3.8, 4) is 5.75 Å². The first kappa shape index (κ1) is 13.3. The van der Waals surface area contributed by atoms with Crippen molar-refractivity contribution in [3.05, 3.63) is 29.8 Å². The van der Waals surface area contributed by atoms with E-state index in [0.29, 0.717) is 6.61 Å². The number of aryl methyl sites for hydroxylation is 1. The average molecular weight is 244 g/mol. The van der Waals surface area contributed by atoms with Gasteiger partial charge in [-0.1, -0.05) is 18.2 Å². The Labute approximate surface area is 103 Å². The smallest absolute Gasteiger partial charge is 0.122 e. The van der Waals surface area contributed by atoms with E-state index < -0.39 is 0 Å². The molecule has 1 aromatic rings.